The van der Waals surface area contributed by atoms with Gasteiger partial charge in [-0.2, -0.15) is 0 Å². The molecular formula is C18H28O. The van der Waals surface area contributed by atoms with Crippen LogP contribution in [0.15, 0.2) is 24.3 Å². The predicted octanol–water partition coefficient (Wildman–Crippen LogP) is 5.03. The number of benzene rings is 1. The molecule has 0 saturated carbocycles. The Kier molecular flexibility index (Phi) is 5.91. The number of unbranched alkanes of at least 4 members (excludes halogenated alkanes) is 4. The Morgan fingerprint density at radius 3 is 2.74 bits per heavy atom. The summed E-state index contributed by atoms with van der Waals surface area (Å²) in [6.45, 7) is 2.26. The fourth-order valence-electron chi connectivity index (χ4n) is 3.33. The Morgan fingerprint density at radius 2 is 1.89 bits per heavy atom. The molecule has 0 radical (unpaired) electrons. The first-order valence-corrected chi connectivity index (χ1v) is 8.08. The van der Waals surface area contributed by atoms with E-state index >= 15 is 0 Å². The topological polar surface area (TPSA) is 20.2 Å². The second-order valence-corrected chi connectivity index (χ2v) is 6.00. The van der Waals surface area contributed by atoms with Gasteiger partial charge in [0.25, 0.3) is 0 Å². The second kappa shape index (κ2) is 7.69. The van der Waals surface area contributed by atoms with Crippen molar-refractivity contribution in [3.05, 3.63) is 35.4 Å². The van der Waals surface area contributed by atoms with Crippen molar-refractivity contribution in [1.82, 2.24) is 0 Å². The lowest BCUT2D eigenvalue weighted by atomic mass is 9.89. The standard InChI is InChI=1S/C18H28O/c1-2-3-4-5-6-11-16-13-9-12-15-10-7-8-14-17(15)18(16)19/h7-8,10,14,16,18-19H,2-6,9,11-13H2,1H3. The molecular weight excluding hydrogens is 232 g/mol. The van der Waals surface area contributed by atoms with E-state index in [1.165, 1.54) is 62.5 Å². The predicted molar refractivity (Wildman–Crippen MR) is 81.2 cm³/mol. The van der Waals surface area contributed by atoms with Gasteiger partial charge in [-0.15, -0.1) is 0 Å². The van der Waals surface area contributed by atoms with Crippen molar-refractivity contribution in [2.24, 2.45) is 5.92 Å². The van der Waals surface area contributed by atoms with Gasteiger partial charge in [0.05, 0.1) is 6.10 Å². The fraction of sp³-hybridized carbons (Fsp3) is 0.667. The van der Waals surface area contributed by atoms with E-state index in [-0.39, 0.29) is 6.10 Å². The van der Waals surface area contributed by atoms with Gasteiger partial charge in [-0.1, -0.05) is 63.3 Å². The Hall–Kier alpha value is -0.820. The molecule has 1 nitrogen and oxygen atoms in total. The van der Waals surface area contributed by atoms with E-state index in [4.69, 9.17) is 0 Å². The second-order valence-electron chi connectivity index (χ2n) is 6.00. The van der Waals surface area contributed by atoms with Gasteiger partial charge in [0, 0.05) is 0 Å². The molecule has 0 heterocycles. The maximum atomic E-state index is 10.6. The van der Waals surface area contributed by atoms with E-state index in [0.29, 0.717) is 5.92 Å². The highest BCUT2D eigenvalue weighted by atomic mass is 16.3. The van der Waals surface area contributed by atoms with Crippen molar-refractivity contribution >= 4 is 0 Å². The quantitative estimate of drug-likeness (QED) is 0.561. The maximum Gasteiger partial charge on any atom is 0.0820 e. The molecule has 1 heteroatoms. The molecule has 1 N–H and O–H groups in total. The molecule has 0 spiro atoms. The normalized spacial score (nSPS) is 22.8. The zero-order valence-corrected chi connectivity index (χ0v) is 12.3. The maximum absolute atomic E-state index is 10.6. The number of rotatable bonds is 6. The van der Waals surface area contributed by atoms with Crippen molar-refractivity contribution in [3.8, 4) is 0 Å². The molecule has 2 unspecified atom stereocenters. The number of hydrogen-bond donors (Lipinski definition) is 1. The van der Waals surface area contributed by atoms with E-state index in [0.717, 1.165) is 6.42 Å². The van der Waals surface area contributed by atoms with Crippen LogP contribution in [0.25, 0.3) is 0 Å². The number of hydrogen-bond acceptors (Lipinski definition) is 1. The summed E-state index contributed by atoms with van der Waals surface area (Å²) in [5.41, 5.74) is 2.56. The molecule has 106 valence electrons. The molecule has 1 aromatic carbocycles. The smallest absolute Gasteiger partial charge is 0.0820 e. The molecule has 0 fully saturated rings. The molecule has 2 atom stereocenters. The van der Waals surface area contributed by atoms with Gasteiger partial charge in [-0.05, 0) is 42.7 Å². The van der Waals surface area contributed by atoms with Gasteiger partial charge in [-0.25, -0.2) is 0 Å². The highest BCUT2D eigenvalue weighted by Gasteiger charge is 2.25. The summed E-state index contributed by atoms with van der Waals surface area (Å²) in [5.74, 6) is 0.477. The summed E-state index contributed by atoms with van der Waals surface area (Å²) in [4.78, 5) is 0. The molecule has 1 aliphatic rings. The SMILES string of the molecule is CCCCCCCC1CCCc2ccccc2C1O. The molecule has 0 bridgehead atoms. The Balaban J connectivity index is 1.88. The third-order valence-electron chi connectivity index (χ3n) is 4.52. The van der Waals surface area contributed by atoms with Crippen LogP contribution in [0.5, 0.6) is 0 Å². The largest absolute Gasteiger partial charge is 0.388 e. The van der Waals surface area contributed by atoms with E-state index in [1.807, 2.05) is 0 Å². The van der Waals surface area contributed by atoms with Crippen LogP contribution in [-0.4, -0.2) is 5.11 Å². The minimum Gasteiger partial charge on any atom is -0.388 e. The lowest BCUT2D eigenvalue weighted by molar-refractivity contribution is 0.0979. The monoisotopic (exact) mass is 260 g/mol. The van der Waals surface area contributed by atoms with Gasteiger partial charge in [-0.3, -0.25) is 0 Å². The van der Waals surface area contributed by atoms with E-state index in [2.05, 4.69) is 31.2 Å². The number of fused-ring (bicyclic) bond motifs is 1. The van der Waals surface area contributed by atoms with Crippen LogP contribution in [0.3, 0.4) is 0 Å². The summed E-state index contributed by atoms with van der Waals surface area (Å²) in [7, 11) is 0. The van der Waals surface area contributed by atoms with Gasteiger partial charge in [0.1, 0.15) is 0 Å². The Labute approximate surface area is 118 Å². The van der Waals surface area contributed by atoms with Crippen LogP contribution in [0, 0.1) is 5.92 Å². The number of aryl methyl sites for hydroxylation is 1. The van der Waals surface area contributed by atoms with Crippen molar-refractivity contribution in [1.29, 1.82) is 0 Å². The van der Waals surface area contributed by atoms with Crippen molar-refractivity contribution < 1.29 is 5.11 Å². The van der Waals surface area contributed by atoms with Crippen LogP contribution in [-0.2, 0) is 6.42 Å². The Bertz CT molecular complexity index is 372. The first-order chi connectivity index (χ1) is 9.33. The summed E-state index contributed by atoms with van der Waals surface area (Å²) >= 11 is 0. The van der Waals surface area contributed by atoms with Gasteiger partial charge in [0.2, 0.25) is 0 Å². The van der Waals surface area contributed by atoms with E-state index < -0.39 is 0 Å². The average Bonchev–Trinajstić information content (AvgIpc) is 2.59. The lowest BCUT2D eigenvalue weighted by Gasteiger charge is -2.21. The average molecular weight is 260 g/mol. The molecule has 0 saturated heterocycles. The van der Waals surface area contributed by atoms with Crippen LogP contribution >= 0.6 is 0 Å². The summed E-state index contributed by atoms with van der Waals surface area (Å²) < 4.78 is 0. The molecule has 2 rings (SSSR count). The van der Waals surface area contributed by atoms with E-state index in [9.17, 15) is 5.11 Å². The number of aliphatic hydroxyl groups is 1. The molecule has 1 aromatic rings. The first-order valence-electron chi connectivity index (χ1n) is 8.08. The molecule has 0 aromatic heterocycles. The highest BCUT2D eigenvalue weighted by Crippen LogP contribution is 2.35. The summed E-state index contributed by atoms with van der Waals surface area (Å²) in [6.07, 6.45) is 11.1. The van der Waals surface area contributed by atoms with Crippen molar-refractivity contribution in [3.63, 3.8) is 0 Å². The molecule has 19 heavy (non-hydrogen) atoms. The minimum absolute atomic E-state index is 0.232. The number of aliphatic hydroxyl groups excluding tert-OH is 1. The lowest BCUT2D eigenvalue weighted by Crippen LogP contribution is -2.12. The van der Waals surface area contributed by atoms with Crippen LogP contribution in [0.4, 0.5) is 0 Å². The molecule has 0 aliphatic heterocycles. The van der Waals surface area contributed by atoms with Gasteiger partial charge < -0.3 is 5.11 Å². The van der Waals surface area contributed by atoms with Crippen LogP contribution < -0.4 is 0 Å². The summed E-state index contributed by atoms with van der Waals surface area (Å²) in [5, 5.41) is 10.6. The van der Waals surface area contributed by atoms with Gasteiger partial charge in [0.15, 0.2) is 0 Å². The van der Waals surface area contributed by atoms with Crippen molar-refractivity contribution in [2.75, 3.05) is 0 Å². The zero-order valence-electron chi connectivity index (χ0n) is 12.3. The highest BCUT2D eigenvalue weighted by molar-refractivity contribution is 5.30. The van der Waals surface area contributed by atoms with E-state index in [1.54, 1.807) is 0 Å². The molecule has 0 amide bonds. The van der Waals surface area contributed by atoms with Crippen molar-refractivity contribution in [2.45, 2.75) is 70.8 Å². The first kappa shape index (κ1) is 14.6. The van der Waals surface area contributed by atoms with Crippen LogP contribution in [0.1, 0.15) is 75.5 Å². The third-order valence-corrected chi connectivity index (χ3v) is 4.52. The fourth-order valence-corrected chi connectivity index (χ4v) is 3.33. The van der Waals surface area contributed by atoms with Gasteiger partial charge >= 0.3 is 0 Å². The molecule has 1 aliphatic carbocycles. The third kappa shape index (κ3) is 4.07. The zero-order chi connectivity index (χ0) is 13.5. The Morgan fingerprint density at radius 1 is 1.11 bits per heavy atom. The summed E-state index contributed by atoms with van der Waals surface area (Å²) in [6, 6.07) is 8.46. The minimum atomic E-state index is -0.232. The van der Waals surface area contributed by atoms with Crippen LogP contribution in [0.2, 0.25) is 0 Å².